The topological polar surface area (TPSA) is 79.2 Å². The van der Waals surface area contributed by atoms with Gasteiger partial charge in [0.2, 0.25) is 0 Å². The van der Waals surface area contributed by atoms with Gasteiger partial charge in [0.05, 0.1) is 17.3 Å². The van der Waals surface area contributed by atoms with Crippen molar-refractivity contribution in [2.45, 2.75) is 6.92 Å². The highest BCUT2D eigenvalue weighted by Gasteiger charge is 2.15. The largest absolute Gasteiger partial charge is 0.463 e. The Balaban J connectivity index is 1.52. The van der Waals surface area contributed by atoms with E-state index in [1.165, 1.54) is 0 Å². The summed E-state index contributed by atoms with van der Waals surface area (Å²) in [4.78, 5) is 17.5. The number of nitrogens with one attached hydrogen (secondary N) is 3. The fraction of sp³-hybridized carbons (Fsp3) is 0.0455. The van der Waals surface area contributed by atoms with E-state index in [2.05, 4.69) is 21.2 Å². The molecule has 0 aliphatic heterocycles. The van der Waals surface area contributed by atoms with Gasteiger partial charge in [0.1, 0.15) is 5.69 Å². The second-order valence-corrected chi connectivity index (χ2v) is 7.36. The first-order valence-electron chi connectivity index (χ1n) is 9.08. The zero-order chi connectivity index (χ0) is 21.1. The van der Waals surface area contributed by atoms with Crippen molar-refractivity contribution in [1.29, 1.82) is 0 Å². The molecule has 2 heterocycles. The number of para-hydroxylation sites is 1. The highest BCUT2D eigenvalue weighted by molar-refractivity contribution is 7.80. The first-order chi connectivity index (χ1) is 14.5. The number of anilines is 1. The summed E-state index contributed by atoms with van der Waals surface area (Å²) in [6.07, 6.45) is 1.56. The standard InChI is InChI=1S/C22H17ClN4O2S/c1-13-8-9-14(11-17(13)23)24-22(30)27-26-21(28)16-12-19(20-7-4-10-29-20)25-18-6-3-2-5-15(16)18/h2-12H,1H3,(H,26,28)(H2,24,27,30). The van der Waals surface area contributed by atoms with Gasteiger partial charge in [0, 0.05) is 16.1 Å². The number of hydrogen-bond acceptors (Lipinski definition) is 4. The molecular weight excluding hydrogens is 420 g/mol. The van der Waals surface area contributed by atoms with Crippen molar-refractivity contribution in [3.63, 3.8) is 0 Å². The van der Waals surface area contributed by atoms with E-state index in [9.17, 15) is 4.79 Å². The van der Waals surface area contributed by atoms with Crippen LogP contribution < -0.4 is 16.2 Å². The van der Waals surface area contributed by atoms with E-state index in [1.807, 2.05) is 43.3 Å². The monoisotopic (exact) mass is 436 g/mol. The van der Waals surface area contributed by atoms with Gasteiger partial charge in [-0.25, -0.2) is 4.98 Å². The lowest BCUT2D eigenvalue weighted by Crippen LogP contribution is -2.43. The van der Waals surface area contributed by atoms with Crippen molar-refractivity contribution in [2.24, 2.45) is 0 Å². The number of benzene rings is 2. The summed E-state index contributed by atoms with van der Waals surface area (Å²) < 4.78 is 5.43. The Labute approximate surface area is 183 Å². The molecule has 0 radical (unpaired) electrons. The van der Waals surface area contributed by atoms with Crippen LogP contribution in [0.4, 0.5) is 5.69 Å². The summed E-state index contributed by atoms with van der Waals surface area (Å²) in [6, 6.07) is 18.2. The Hall–Kier alpha value is -3.42. The summed E-state index contributed by atoms with van der Waals surface area (Å²) in [6.45, 7) is 1.92. The van der Waals surface area contributed by atoms with Gasteiger partial charge in [0.15, 0.2) is 10.9 Å². The number of thiocarbonyl (C=S) groups is 1. The van der Waals surface area contributed by atoms with Gasteiger partial charge in [-0.05, 0) is 61.1 Å². The van der Waals surface area contributed by atoms with Crippen LogP contribution in [0.3, 0.4) is 0 Å². The van der Waals surface area contributed by atoms with Gasteiger partial charge in [-0.2, -0.15) is 0 Å². The molecule has 0 spiro atoms. The number of rotatable bonds is 3. The molecule has 0 aliphatic rings. The number of furan rings is 1. The number of fused-ring (bicyclic) bond motifs is 1. The molecule has 30 heavy (non-hydrogen) atoms. The smallest absolute Gasteiger partial charge is 0.270 e. The SMILES string of the molecule is Cc1ccc(NC(=S)NNC(=O)c2cc(-c3ccco3)nc3ccccc23)cc1Cl. The van der Waals surface area contributed by atoms with E-state index in [0.717, 1.165) is 10.9 Å². The van der Waals surface area contributed by atoms with E-state index in [1.54, 1.807) is 30.5 Å². The van der Waals surface area contributed by atoms with Gasteiger partial charge in [-0.15, -0.1) is 0 Å². The normalized spacial score (nSPS) is 10.6. The van der Waals surface area contributed by atoms with Crippen molar-refractivity contribution in [1.82, 2.24) is 15.8 Å². The third-order valence-electron chi connectivity index (χ3n) is 4.45. The van der Waals surface area contributed by atoms with Crippen molar-refractivity contribution in [3.8, 4) is 11.5 Å². The van der Waals surface area contributed by atoms with E-state index in [-0.39, 0.29) is 11.0 Å². The molecule has 2 aromatic heterocycles. The molecule has 8 heteroatoms. The highest BCUT2D eigenvalue weighted by Crippen LogP contribution is 2.25. The van der Waals surface area contributed by atoms with Crippen LogP contribution in [0.2, 0.25) is 5.02 Å². The molecule has 0 aliphatic carbocycles. The summed E-state index contributed by atoms with van der Waals surface area (Å²) in [5, 5.41) is 4.56. The van der Waals surface area contributed by atoms with E-state index >= 15 is 0 Å². The molecule has 3 N–H and O–H groups in total. The number of hydrogen-bond donors (Lipinski definition) is 3. The van der Waals surface area contributed by atoms with Gasteiger partial charge < -0.3 is 9.73 Å². The predicted molar refractivity (Wildman–Crippen MR) is 122 cm³/mol. The zero-order valence-electron chi connectivity index (χ0n) is 15.9. The first-order valence-corrected chi connectivity index (χ1v) is 9.87. The average molecular weight is 437 g/mol. The number of carbonyl (C=O) groups excluding carboxylic acids is 1. The molecule has 0 saturated heterocycles. The predicted octanol–water partition coefficient (Wildman–Crippen LogP) is 5.09. The third kappa shape index (κ3) is 4.27. The van der Waals surface area contributed by atoms with Gasteiger partial charge in [0.25, 0.3) is 5.91 Å². The molecule has 0 unspecified atom stereocenters. The van der Waals surface area contributed by atoms with Crippen LogP contribution in [0.25, 0.3) is 22.4 Å². The van der Waals surface area contributed by atoms with Crippen molar-refractivity contribution in [2.75, 3.05) is 5.32 Å². The Morgan fingerprint density at radius 2 is 1.90 bits per heavy atom. The van der Waals surface area contributed by atoms with E-state index in [0.29, 0.717) is 33.2 Å². The highest BCUT2D eigenvalue weighted by atomic mass is 35.5. The lowest BCUT2D eigenvalue weighted by Gasteiger charge is -2.13. The average Bonchev–Trinajstić information content (AvgIpc) is 3.29. The summed E-state index contributed by atoms with van der Waals surface area (Å²) in [5.74, 6) is 0.226. The van der Waals surface area contributed by atoms with Gasteiger partial charge >= 0.3 is 0 Å². The first kappa shape index (κ1) is 19.9. The quantitative estimate of drug-likeness (QED) is 0.307. The number of pyridine rings is 1. The molecule has 4 aromatic rings. The molecule has 0 atom stereocenters. The van der Waals surface area contributed by atoms with Crippen LogP contribution >= 0.6 is 23.8 Å². The van der Waals surface area contributed by atoms with E-state index < -0.39 is 0 Å². The van der Waals surface area contributed by atoms with Crippen LogP contribution in [0.1, 0.15) is 15.9 Å². The molecule has 1 amide bonds. The minimum atomic E-state index is -0.354. The number of aryl methyl sites for hydroxylation is 1. The van der Waals surface area contributed by atoms with E-state index in [4.69, 9.17) is 28.2 Å². The van der Waals surface area contributed by atoms with Crippen LogP contribution in [0.15, 0.2) is 71.3 Å². The van der Waals surface area contributed by atoms with Crippen LogP contribution in [-0.2, 0) is 0 Å². The third-order valence-corrected chi connectivity index (χ3v) is 5.07. The van der Waals surface area contributed by atoms with Crippen molar-refractivity contribution >= 4 is 51.4 Å². The number of aromatic nitrogens is 1. The Morgan fingerprint density at radius 1 is 1.07 bits per heavy atom. The maximum absolute atomic E-state index is 12.9. The second kappa shape index (κ2) is 8.52. The number of nitrogens with zero attached hydrogens (tertiary/aromatic N) is 1. The van der Waals surface area contributed by atoms with Crippen LogP contribution in [0.5, 0.6) is 0 Å². The molecule has 0 fully saturated rings. The van der Waals surface area contributed by atoms with Gasteiger partial charge in [-0.3, -0.25) is 15.6 Å². The summed E-state index contributed by atoms with van der Waals surface area (Å²) >= 11 is 11.4. The zero-order valence-corrected chi connectivity index (χ0v) is 17.5. The summed E-state index contributed by atoms with van der Waals surface area (Å²) in [5.41, 5.74) is 8.72. The summed E-state index contributed by atoms with van der Waals surface area (Å²) in [7, 11) is 0. The van der Waals surface area contributed by atoms with Crippen molar-refractivity contribution in [3.05, 3.63) is 83.1 Å². The molecule has 0 saturated carbocycles. The lowest BCUT2D eigenvalue weighted by atomic mass is 10.1. The number of carbonyl (C=O) groups is 1. The maximum atomic E-state index is 12.9. The molecule has 4 rings (SSSR count). The van der Waals surface area contributed by atoms with Crippen LogP contribution in [0, 0.1) is 6.92 Å². The molecule has 150 valence electrons. The molecule has 2 aromatic carbocycles. The Bertz CT molecular complexity index is 1240. The minimum Gasteiger partial charge on any atom is -0.463 e. The fourth-order valence-corrected chi connectivity index (χ4v) is 3.28. The molecular formula is C22H17ClN4O2S. The van der Waals surface area contributed by atoms with Crippen LogP contribution in [-0.4, -0.2) is 16.0 Å². The Kier molecular flexibility index (Phi) is 5.65. The second-order valence-electron chi connectivity index (χ2n) is 6.55. The maximum Gasteiger partial charge on any atom is 0.270 e. The lowest BCUT2D eigenvalue weighted by molar-refractivity contribution is 0.0946. The number of amides is 1. The fourth-order valence-electron chi connectivity index (χ4n) is 2.93. The molecule has 0 bridgehead atoms. The van der Waals surface area contributed by atoms with Crippen molar-refractivity contribution < 1.29 is 9.21 Å². The Morgan fingerprint density at radius 3 is 2.67 bits per heavy atom. The molecule has 6 nitrogen and oxygen atoms in total. The number of hydrazine groups is 1. The number of halogens is 1. The minimum absolute atomic E-state index is 0.230. The van der Waals surface area contributed by atoms with Gasteiger partial charge in [-0.1, -0.05) is 35.9 Å².